The molecule has 1 aliphatic heterocycles. The lowest BCUT2D eigenvalue weighted by atomic mass is 10.3. The first-order valence-corrected chi connectivity index (χ1v) is 6.66. The summed E-state index contributed by atoms with van der Waals surface area (Å²) in [7, 11) is 0. The van der Waals surface area contributed by atoms with Gasteiger partial charge in [-0.2, -0.15) is 0 Å². The van der Waals surface area contributed by atoms with Crippen LogP contribution in [0.4, 0.5) is 0 Å². The van der Waals surface area contributed by atoms with E-state index in [4.69, 9.17) is 0 Å². The maximum Gasteiger partial charge on any atom is 0.156 e. The standard InChI is InChI=1S/C11H18N2S/c1-7-4-9(7)5-12-11-13-6-10(14-11)8-2-3-8/h7-10H,2-6H2,1H3,(H,12,13). The molecule has 2 saturated carbocycles. The Morgan fingerprint density at radius 2 is 2.29 bits per heavy atom. The Kier molecular flexibility index (Phi) is 2.23. The number of thioether (sulfide) groups is 1. The Morgan fingerprint density at radius 1 is 1.50 bits per heavy atom. The molecular weight excluding hydrogens is 192 g/mol. The average molecular weight is 210 g/mol. The maximum absolute atomic E-state index is 4.57. The van der Waals surface area contributed by atoms with Crippen molar-refractivity contribution in [2.24, 2.45) is 22.7 Å². The monoisotopic (exact) mass is 210 g/mol. The topological polar surface area (TPSA) is 24.4 Å². The normalized spacial score (nSPS) is 40.9. The van der Waals surface area contributed by atoms with Crippen LogP contribution in [0.3, 0.4) is 0 Å². The maximum atomic E-state index is 4.57. The molecule has 2 nitrogen and oxygen atoms in total. The van der Waals surface area contributed by atoms with Crippen LogP contribution in [0.5, 0.6) is 0 Å². The third kappa shape index (κ3) is 1.92. The molecule has 2 fully saturated rings. The van der Waals surface area contributed by atoms with Crippen LogP contribution in [0.1, 0.15) is 26.2 Å². The minimum Gasteiger partial charge on any atom is -0.365 e. The van der Waals surface area contributed by atoms with E-state index in [1.165, 1.54) is 24.4 Å². The van der Waals surface area contributed by atoms with E-state index in [9.17, 15) is 0 Å². The number of aliphatic imine (C=N–C) groups is 1. The number of hydrogen-bond acceptors (Lipinski definition) is 3. The molecule has 0 saturated heterocycles. The number of amidine groups is 1. The lowest BCUT2D eigenvalue weighted by Gasteiger charge is -2.06. The quantitative estimate of drug-likeness (QED) is 0.771. The molecule has 3 atom stereocenters. The molecule has 3 unspecified atom stereocenters. The molecule has 0 spiro atoms. The van der Waals surface area contributed by atoms with Gasteiger partial charge in [0.15, 0.2) is 5.17 Å². The number of rotatable bonds is 3. The zero-order valence-electron chi connectivity index (χ0n) is 8.70. The average Bonchev–Trinajstić information content (AvgIpc) is 3.08. The summed E-state index contributed by atoms with van der Waals surface area (Å²) in [5.41, 5.74) is 0. The summed E-state index contributed by atoms with van der Waals surface area (Å²) in [6.45, 7) is 4.56. The molecule has 1 N–H and O–H groups in total. The second-order valence-corrected chi connectivity index (χ2v) is 6.22. The van der Waals surface area contributed by atoms with Crippen LogP contribution in [-0.4, -0.2) is 23.5 Å². The molecule has 3 aliphatic rings. The predicted molar refractivity (Wildman–Crippen MR) is 61.7 cm³/mol. The van der Waals surface area contributed by atoms with Crippen LogP contribution in [0.2, 0.25) is 0 Å². The highest BCUT2D eigenvalue weighted by atomic mass is 32.2. The van der Waals surface area contributed by atoms with Crippen molar-refractivity contribution in [1.29, 1.82) is 0 Å². The smallest absolute Gasteiger partial charge is 0.156 e. The van der Waals surface area contributed by atoms with E-state index in [1.54, 1.807) is 0 Å². The van der Waals surface area contributed by atoms with E-state index in [0.29, 0.717) is 0 Å². The fourth-order valence-corrected chi connectivity index (χ4v) is 3.32. The van der Waals surface area contributed by atoms with Gasteiger partial charge in [0.05, 0.1) is 6.54 Å². The highest BCUT2D eigenvalue weighted by Gasteiger charge is 2.36. The van der Waals surface area contributed by atoms with Crippen LogP contribution in [0.15, 0.2) is 4.99 Å². The molecule has 1 heterocycles. The highest BCUT2D eigenvalue weighted by molar-refractivity contribution is 8.14. The van der Waals surface area contributed by atoms with E-state index in [-0.39, 0.29) is 0 Å². The van der Waals surface area contributed by atoms with Crippen LogP contribution in [0, 0.1) is 17.8 Å². The van der Waals surface area contributed by atoms with Crippen molar-refractivity contribution in [3.8, 4) is 0 Å². The van der Waals surface area contributed by atoms with Crippen molar-refractivity contribution in [1.82, 2.24) is 5.32 Å². The molecule has 3 rings (SSSR count). The number of nitrogens with zero attached hydrogens (tertiary/aromatic N) is 1. The third-order valence-corrected chi connectivity index (χ3v) is 4.95. The second kappa shape index (κ2) is 3.44. The summed E-state index contributed by atoms with van der Waals surface area (Å²) in [6.07, 6.45) is 4.30. The van der Waals surface area contributed by atoms with Gasteiger partial charge in [0.2, 0.25) is 0 Å². The van der Waals surface area contributed by atoms with Gasteiger partial charge in [-0.15, -0.1) is 0 Å². The Balaban J connectivity index is 1.41. The van der Waals surface area contributed by atoms with Crippen LogP contribution in [0.25, 0.3) is 0 Å². The first-order valence-electron chi connectivity index (χ1n) is 5.78. The number of hydrogen-bond donors (Lipinski definition) is 1. The Hall–Kier alpha value is -0.180. The van der Waals surface area contributed by atoms with Gasteiger partial charge in [0, 0.05) is 11.8 Å². The summed E-state index contributed by atoms with van der Waals surface area (Å²) in [6, 6.07) is 0. The lowest BCUT2D eigenvalue weighted by molar-refractivity contribution is 0.715. The summed E-state index contributed by atoms with van der Waals surface area (Å²) >= 11 is 1.99. The molecule has 14 heavy (non-hydrogen) atoms. The van der Waals surface area contributed by atoms with Gasteiger partial charge in [0.1, 0.15) is 0 Å². The minimum atomic E-state index is 0.814. The fourth-order valence-electron chi connectivity index (χ4n) is 2.10. The minimum absolute atomic E-state index is 0.814. The molecule has 0 radical (unpaired) electrons. The van der Waals surface area contributed by atoms with Gasteiger partial charge < -0.3 is 5.32 Å². The van der Waals surface area contributed by atoms with Crippen molar-refractivity contribution in [2.75, 3.05) is 13.1 Å². The van der Waals surface area contributed by atoms with Gasteiger partial charge in [-0.05, 0) is 37.0 Å². The van der Waals surface area contributed by atoms with Gasteiger partial charge in [-0.25, -0.2) is 0 Å². The van der Waals surface area contributed by atoms with Crippen molar-refractivity contribution >= 4 is 16.9 Å². The Morgan fingerprint density at radius 3 is 2.93 bits per heavy atom. The zero-order chi connectivity index (χ0) is 9.54. The summed E-state index contributed by atoms with van der Waals surface area (Å²) in [5, 5.41) is 5.54. The summed E-state index contributed by atoms with van der Waals surface area (Å²) in [5.74, 6) is 2.87. The van der Waals surface area contributed by atoms with Gasteiger partial charge in [-0.1, -0.05) is 18.7 Å². The summed E-state index contributed by atoms with van der Waals surface area (Å²) < 4.78 is 0. The molecule has 0 aromatic rings. The van der Waals surface area contributed by atoms with E-state index >= 15 is 0 Å². The largest absolute Gasteiger partial charge is 0.365 e. The Bertz CT molecular complexity index is 260. The molecule has 2 aliphatic carbocycles. The van der Waals surface area contributed by atoms with Gasteiger partial charge >= 0.3 is 0 Å². The molecule has 0 bridgehead atoms. The number of nitrogens with one attached hydrogen (secondary N) is 1. The first kappa shape index (κ1) is 9.08. The molecular formula is C11H18N2S. The van der Waals surface area contributed by atoms with E-state index in [0.717, 1.165) is 36.1 Å². The van der Waals surface area contributed by atoms with Gasteiger partial charge in [-0.3, -0.25) is 4.99 Å². The van der Waals surface area contributed by atoms with Crippen molar-refractivity contribution in [3.05, 3.63) is 0 Å². The van der Waals surface area contributed by atoms with Crippen molar-refractivity contribution < 1.29 is 0 Å². The second-order valence-electron chi connectivity index (χ2n) is 4.99. The van der Waals surface area contributed by atoms with Crippen molar-refractivity contribution in [3.63, 3.8) is 0 Å². The molecule has 0 aromatic carbocycles. The van der Waals surface area contributed by atoms with E-state index in [1.807, 2.05) is 11.8 Å². The summed E-state index contributed by atoms with van der Waals surface area (Å²) in [4.78, 5) is 4.57. The highest BCUT2D eigenvalue weighted by Crippen LogP contribution is 2.42. The van der Waals surface area contributed by atoms with Gasteiger partial charge in [0.25, 0.3) is 0 Å². The Labute approximate surface area is 89.9 Å². The third-order valence-electron chi connectivity index (χ3n) is 3.62. The lowest BCUT2D eigenvalue weighted by Crippen LogP contribution is -2.22. The van der Waals surface area contributed by atoms with Crippen LogP contribution in [-0.2, 0) is 0 Å². The van der Waals surface area contributed by atoms with Crippen molar-refractivity contribution in [2.45, 2.75) is 31.4 Å². The zero-order valence-corrected chi connectivity index (χ0v) is 9.52. The molecule has 0 amide bonds. The predicted octanol–water partition coefficient (Wildman–Crippen LogP) is 2.11. The fraction of sp³-hybridized carbons (Fsp3) is 0.909. The van der Waals surface area contributed by atoms with E-state index in [2.05, 4.69) is 17.2 Å². The first-order chi connectivity index (χ1) is 6.83. The molecule has 78 valence electrons. The molecule has 3 heteroatoms. The van der Waals surface area contributed by atoms with E-state index < -0.39 is 0 Å². The SMILES string of the molecule is CC1CC1CNC1=NCC(C2CC2)S1. The molecule has 0 aromatic heterocycles. The van der Waals surface area contributed by atoms with Crippen LogP contribution >= 0.6 is 11.8 Å². The van der Waals surface area contributed by atoms with Crippen LogP contribution < -0.4 is 5.32 Å².